The average Bonchev–Trinajstić information content (AvgIpc) is 2.52. The summed E-state index contributed by atoms with van der Waals surface area (Å²) in [5, 5.41) is 1.19. The number of thioether (sulfide) groups is 1. The van der Waals surface area contributed by atoms with E-state index in [0.717, 1.165) is 11.1 Å². The van der Waals surface area contributed by atoms with Crippen molar-refractivity contribution in [3.05, 3.63) is 62.0 Å². The molecule has 3 nitrogen and oxygen atoms in total. The molecule has 0 aromatic heterocycles. The normalized spacial score (nSPS) is 13.7. The molecule has 1 unspecified atom stereocenters. The summed E-state index contributed by atoms with van der Waals surface area (Å²) in [4.78, 5) is 9.09. The lowest BCUT2D eigenvalue weighted by Gasteiger charge is -2.14. The first kappa shape index (κ1) is 21.0. The SMILES string of the molecule is O=P(O)(Oc1ccc(CSCc2c(Cl)cccc2Cl)cc1Br)C(F)F. The molecule has 0 heterocycles. The summed E-state index contributed by atoms with van der Waals surface area (Å²) in [7, 11) is -5.00. The van der Waals surface area contributed by atoms with E-state index in [1.54, 1.807) is 42.1 Å². The molecule has 1 atom stereocenters. The van der Waals surface area contributed by atoms with E-state index >= 15 is 0 Å². The predicted octanol–water partition coefficient (Wildman–Crippen LogP) is 6.98. The molecule has 25 heavy (non-hydrogen) atoms. The zero-order chi connectivity index (χ0) is 18.6. The molecule has 2 aromatic carbocycles. The fourth-order valence-electron chi connectivity index (χ4n) is 1.83. The van der Waals surface area contributed by atoms with Crippen LogP contribution in [0.1, 0.15) is 11.1 Å². The van der Waals surface area contributed by atoms with Crippen LogP contribution in [0.2, 0.25) is 10.0 Å². The molecule has 0 aliphatic heterocycles. The Morgan fingerprint density at radius 3 is 2.40 bits per heavy atom. The van der Waals surface area contributed by atoms with Gasteiger partial charge in [-0.15, -0.1) is 0 Å². The lowest BCUT2D eigenvalue weighted by Crippen LogP contribution is -2.01. The maximum atomic E-state index is 12.4. The third-order valence-corrected chi connectivity index (χ3v) is 6.36. The van der Waals surface area contributed by atoms with Crippen LogP contribution in [0.15, 0.2) is 40.9 Å². The van der Waals surface area contributed by atoms with Crippen LogP contribution in [-0.2, 0) is 16.1 Å². The van der Waals surface area contributed by atoms with Crippen molar-refractivity contribution in [1.29, 1.82) is 0 Å². The maximum Gasteiger partial charge on any atom is 0.442 e. The molecule has 136 valence electrons. The molecular weight excluding hydrogens is 480 g/mol. The number of hydrogen-bond donors (Lipinski definition) is 1. The van der Waals surface area contributed by atoms with Crippen LogP contribution in [0.3, 0.4) is 0 Å². The van der Waals surface area contributed by atoms with Crippen molar-refractivity contribution >= 4 is 58.5 Å². The topological polar surface area (TPSA) is 46.5 Å². The van der Waals surface area contributed by atoms with Crippen LogP contribution >= 0.6 is 58.5 Å². The van der Waals surface area contributed by atoms with Gasteiger partial charge in [0.05, 0.1) is 4.47 Å². The third kappa shape index (κ3) is 5.84. The monoisotopic (exact) mass is 490 g/mol. The minimum absolute atomic E-state index is 0.117. The van der Waals surface area contributed by atoms with Gasteiger partial charge >= 0.3 is 13.8 Å². The van der Waals surface area contributed by atoms with E-state index in [1.165, 1.54) is 6.07 Å². The van der Waals surface area contributed by atoms with E-state index in [0.29, 0.717) is 26.0 Å². The molecule has 0 saturated heterocycles. The molecule has 2 rings (SSSR count). The highest BCUT2D eigenvalue weighted by molar-refractivity contribution is 9.10. The standard InChI is InChI=1S/C15H12BrCl2F2O3PS/c16-11-6-9(4-5-14(11)23-24(21,22)15(19)20)7-25-8-10-12(17)2-1-3-13(10)18/h1-6,15H,7-8H2,(H,21,22). The van der Waals surface area contributed by atoms with E-state index in [4.69, 9.17) is 28.1 Å². The highest BCUT2D eigenvalue weighted by Crippen LogP contribution is 2.50. The van der Waals surface area contributed by atoms with Crippen LogP contribution in [-0.4, -0.2) is 11.1 Å². The Morgan fingerprint density at radius 1 is 1.20 bits per heavy atom. The Labute approximate surface area is 166 Å². The van der Waals surface area contributed by atoms with Crippen molar-refractivity contribution in [1.82, 2.24) is 0 Å². The first-order valence-corrected chi connectivity index (χ1v) is 11.1. The molecule has 10 heteroatoms. The molecule has 0 bridgehead atoms. The number of alkyl halides is 2. The van der Waals surface area contributed by atoms with Gasteiger partial charge in [-0.3, -0.25) is 0 Å². The lowest BCUT2D eigenvalue weighted by atomic mass is 10.2. The number of halogens is 5. The van der Waals surface area contributed by atoms with Gasteiger partial charge in [-0.2, -0.15) is 20.5 Å². The van der Waals surface area contributed by atoms with E-state index < -0.39 is 13.8 Å². The van der Waals surface area contributed by atoms with E-state index in [2.05, 4.69) is 20.5 Å². The molecule has 0 amide bonds. The Hall–Kier alpha value is -0.300. The summed E-state index contributed by atoms with van der Waals surface area (Å²) >= 11 is 16.9. The van der Waals surface area contributed by atoms with Gasteiger partial charge in [0.25, 0.3) is 0 Å². The molecular formula is C15H12BrCl2F2O3PS. The van der Waals surface area contributed by atoms with Gasteiger partial charge in [0, 0.05) is 21.6 Å². The van der Waals surface area contributed by atoms with Crippen LogP contribution < -0.4 is 4.52 Å². The molecule has 0 aliphatic carbocycles. The van der Waals surface area contributed by atoms with Gasteiger partial charge < -0.3 is 9.42 Å². The molecule has 1 N–H and O–H groups in total. The number of rotatable bonds is 7. The van der Waals surface area contributed by atoms with Gasteiger partial charge in [-0.1, -0.05) is 35.3 Å². The van der Waals surface area contributed by atoms with Gasteiger partial charge in [0.1, 0.15) is 5.75 Å². The van der Waals surface area contributed by atoms with E-state index in [-0.39, 0.29) is 5.75 Å². The number of benzene rings is 2. The van der Waals surface area contributed by atoms with Gasteiger partial charge in [0.2, 0.25) is 0 Å². The minimum atomic E-state index is -5.00. The summed E-state index contributed by atoms with van der Waals surface area (Å²) in [6.45, 7) is 0. The third-order valence-electron chi connectivity index (χ3n) is 3.05. The van der Waals surface area contributed by atoms with Crippen molar-refractivity contribution in [3.63, 3.8) is 0 Å². The summed E-state index contributed by atoms with van der Waals surface area (Å²) in [6.07, 6.45) is -3.46. The largest absolute Gasteiger partial charge is 0.442 e. The first-order valence-electron chi connectivity index (χ1n) is 6.80. The highest BCUT2D eigenvalue weighted by Gasteiger charge is 2.34. The summed E-state index contributed by atoms with van der Waals surface area (Å²) in [5.74, 6) is 1.09. The van der Waals surface area contributed by atoms with Crippen LogP contribution in [0, 0.1) is 0 Å². The number of hydrogen-bond acceptors (Lipinski definition) is 3. The second-order valence-corrected chi connectivity index (χ2v) is 9.25. The Kier molecular flexibility index (Phi) is 7.62. The molecule has 2 aromatic rings. The smallest absolute Gasteiger partial charge is 0.420 e. The zero-order valence-electron chi connectivity index (χ0n) is 12.5. The first-order chi connectivity index (χ1) is 11.7. The molecule has 0 saturated carbocycles. The van der Waals surface area contributed by atoms with Crippen LogP contribution in [0.25, 0.3) is 0 Å². The average molecular weight is 492 g/mol. The van der Waals surface area contributed by atoms with E-state index in [1.807, 2.05) is 0 Å². The van der Waals surface area contributed by atoms with Crippen LogP contribution in [0.5, 0.6) is 5.75 Å². The molecule has 0 fully saturated rings. The van der Waals surface area contributed by atoms with Crippen molar-refractivity contribution in [2.75, 3.05) is 0 Å². The van der Waals surface area contributed by atoms with Crippen LogP contribution in [0.4, 0.5) is 8.78 Å². The quantitative estimate of drug-likeness (QED) is 0.424. The highest BCUT2D eigenvalue weighted by atomic mass is 79.9. The second kappa shape index (κ2) is 9.07. The van der Waals surface area contributed by atoms with Crippen molar-refractivity contribution in [3.8, 4) is 5.75 Å². The van der Waals surface area contributed by atoms with E-state index in [9.17, 15) is 13.3 Å². The Balaban J connectivity index is 2.00. The fourth-order valence-corrected chi connectivity index (χ4v) is 4.71. The second-order valence-electron chi connectivity index (χ2n) is 4.89. The fraction of sp³-hybridized carbons (Fsp3) is 0.200. The zero-order valence-corrected chi connectivity index (χ0v) is 17.3. The lowest BCUT2D eigenvalue weighted by molar-refractivity contribution is 0.188. The Morgan fingerprint density at radius 2 is 1.84 bits per heavy atom. The maximum absolute atomic E-state index is 12.4. The summed E-state index contributed by atoms with van der Waals surface area (Å²) < 4.78 is 40.9. The van der Waals surface area contributed by atoms with Crippen molar-refractivity contribution in [2.24, 2.45) is 0 Å². The predicted molar refractivity (Wildman–Crippen MR) is 102 cm³/mol. The molecule has 0 aliphatic rings. The van der Waals surface area contributed by atoms with Gasteiger partial charge in [-0.25, -0.2) is 4.57 Å². The van der Waals surface area contributed by atoms with Crippen molar-refractivity contribution in [2.45, 2.75) is 17.7 Å². The van der Waals surface area contributed by atoms with Gasteiger partial charge in [0.15, 0.2) is 0 Å². The summed E-state index contributed by atoms with van der Waals surface area (Å²) in [5.41, 5.74) is 1.71. The molecule has 0 radical (unpaired) electrons. The van der Waals surface area contributed by atoms with Crippen molar-refractivity contribution < 1.29 is 22.8 Å². The minimum Gasteiger partial charge on any atom is -0.420 e. The Bertz CT molecular complexity index is 790. The van der Waals surface area contributed by atoms with Gasteiger partial charge in [-0.05, 0) is 51.3 Å². The molecule has 0 spiro atoms. The summed E-state index contributed by atoms with van der Waals surface area (Å²) in [6, 6.07) is 9.95.